The van der Waals surface area contributed by atoms with E-state index in [4.69, 9.17) is 0 Å². The van der Waals surface area contributed by atoms with E-state index in [1.54, 1.807) is 41.9 Å². The first-order valence-electron chi connectivity index (χ1n) is 14.6. The predicted molar refractivity (Wildman–Crippen MR) is 162 cm³/mol. The topological polar surface area (TPSA) is 123 Å². The van der Waals surface area contributed by atoms with Gasteiger partial charge in [0.1, 0.15) is 10.8 Å². The number of nitrogens with one attached hydrogen (secondary N) is 3. The summed E-state index contributed by atoms with van der Waals surface area (Å²) in [6, 6.07) is 14.4. The number of aromatic nitrogens is 3. The number of imidazole rings is 1. The Balaban J connectivity index is 1.30. The summed E-state index contributed by atoms with van der Waals surface area (Å²) in [6.45, 7) is 3.44. The quantitative estimate of drug-likeness (QED) is 0.233. The van der Waals surface area contributed by atoms with Gasteiger partial charge in [-0.1, -0.05) is 30.3 Å². The number of thiazole rings is 1. The maximum atomic E-state index is 14.0. The molecule has 9 nitrogen and oxygen atoms in total. The van der Waals surface area contributed by atoms with Crippen LogP contribution in [-0.2, 0) is 6.42 Å². The minimum absolute atomic E-state index is 0.0787. The van der Waals surface area contributed by atoms with Gasteiger partial charge in [-0.15, -0.1) is 11.3 Å². The number of benzene rings is 2. The van der Waals surface area contributed by atoms with Crippen LogP contribution in [0.3, 0.4) is 0 Å². The first-order valence-corrected chi connectivity index (χ1v) is 15.5. The molecule has 4 aromatic rings. The number of H-pyrrole nitrogens is 1. The molecule has 2 fully saturated rings. The molecule has 2 aliphatic rings. The van der Waals surface area contributed by atoms with Crippen molar-refractivity contribution in [1.82, 2.24) is 30.5 Å². The second-order valence-electron chi connectivity index (χ2n) is 11.2. The summed E-state index contributed by atoms with van der Waals surface area (Å²) in [4.78, 5) is 41.8. The molecule has 4 atom stereocenters. The zero-order chi connectivity index (χ0) is 29.1. The SMILES string of the molecule is Cc1csc([C@H]2CCCN2C(=O)c2cc(C(=O)N[C@@H](Cc3ccccc3)[C@@H](O)[C@H]3CCCN3)cc(-c3ncc[nH]3)c2)n1. The third kappa shape index (κ3) is 6.16. The number of aliphatic hydroxyl groups is 1. The van der Waals surface area contributed by atoms with Crippen LogP contribution < -0.4 is 10.6 Å². The number of likely N-dealkylation sites (tertiary alicyclic amines) is 1. The molecule has 0 unspecified atom stereocenters. The average Bonchev–Trinajstić information content (AvgIpc) is 3.84. The van der Waals surface area contributed by atoms with E-state index >= 15 is 0 Å². The Morgan fingerprint density at radius 3 is 2.69 bits per heavy atom. The van der Waals surface area contributed by atoms with Crippen molar-refractivity contribution in [3.05, 3.63) is 93.7 Å². The normalized spacial score (nSPS) is 20.0. The van der Waals surface area contributed by atoms with Crippen molar-refractivity contribution in [3.8, 4) is 11.4 Å². The molecule has 6 rings (SSSR count). The van der Waals surface area contributed by atoms with Gasteiger partial charge < -0.3 is 25.6 Å². The zero-order valence-electron chi connectivity index (χ0n) is 23.6. The van der Waals surface area contributed by atoms with Crippen molar-refractivity contribution < 1.29 is 14.7 Å². The summed E-state index contributed by atoms with van der Waals surface area (Å²) >= 11 is 1.58. The van der Waals surface area contributed by atoms with E-state index in [0.717, 1.165) is 48.5 Å². The average molecular weight is 585 g/mol. The number of aryl methyl sites for hydroxylation is 1. The number of hydrogen-bond acceptors (Lipinski definition) is 7. The van der Waals surface area contributed by atoms with Crippen LogP contribution in [0.15, 0.2) is 66.3 Å². The highest BCUT2D eigenvalue weighted by atomic mass is 32.1. The summed E-state index contributed by atoms with van der Waals surface area (Å²) in [6.07, 6.45) is 6.67. The van der Waals surface area contributed by atoms with Crippen molar-refractivity contribution in [2.45, 2.75) is 63.3 Å². The lowest BCUT2D eigenvalue weighted by atomic mass is 9.94. The molecule has 4 N–H and O–H groups in total. The Morgan fingerprint density at radius 1 is 1.14 bits per heavy atom. The van der Waals surface area contributed by atoms with E-state index in [9.17, 15) is 14.7 Å². The molecule has 0 spiro atoms. The van der Waals surface area contributed by atoms with Gasteiger partial charge in [0.05, 0.1) is 18.2 Å². The lowest BCUT2D eigenvalue weighted by molar-refractivity contribution is 0.0733. The Morgan fingerprint density at radius 2 is 1.98 bits per heavy atom. The second kappa shape index (κ2) is 12.6. The number of aromatic amines is 1. The molecule has 2 aliphatic heterocycles. The van der Waals surface area contributed by atoms with Gasteiger partial charge in [0.2, 0.25) is 0 Å². The molecule has 42 heavy (non-hydrogen) atoms. The molecule has 0 aliphatic carbocycles. The van der Waals surface area contributed by atoms with Crippen molar-refractivity contribution in [2.75, 3.05) is 13.1 Å². The molecule has 4 heterocycles. The van der Waals surface area contributed by atoms with Crippen molar-refractivity contribution in [2.24, 2.45) is 0 Å². The molecule has 2 aromatic carbocycles. The second-order valence-corrected chi connectivity index (χ2v) is 12.1. The molecular weight excluding hydrogens is 548 g/mol. The van der Waals surface area contributed by atoms with Crippen LogP contribution in [-0.4, -0.2) is 68.0 Å². The predicted octanol–water partition coefficient (Wildman–Crippen LogP) is 4.27. The van der Waals surface area contributed by atoms with Gasteiger partial charge in [-0.3, -0.25) is 9.59 Å². The van der Waals surface area contributed by atoms with Crippen LogP contribution >= 0.6 is 11.3 Å². The summed E-state index contributed by atoms with van der Waals surface area (Å²) in [5.74, 6) is 0.0936. The van der Waals surface area contributed by atoms with Gasteiger partial charge >= 0.3 is 0 Å². The van der Waals surface area contributed by atoms with E-state index in [2.05, 4.69) is 25.6 Å². The third-order valence-electron chi connectivity index (χ3n) is 8.19. The summed E-state index contributed by atoms with van der Waals surface area (Å²) in [7, 11) is 0. The summed E-state index contributed by atoms with van der Waals surface area (Å²) in [5, 5.41) is 20.8. The number of nitrogens with zero attached hydrogens (tertiary/aromatic N) is 3. The molecule has 2 amide bonds. The molecule has 218 valence electrons. The largest absolute Gasteiger partial charge is 0.389 e. The lowest BCUT2D eigenvalue weighted by Crippen LogP contribution is -2.52. The number of amides is 2. The highest BCUT2D eigenvalue weighted by Gasteiger charge is 2.34. The molecule has 0 radical (unpaired) electrons. The van der Waals surface area contributed by atoms with Gasteiger partial charge in [-0.2, -0.15) is 0 Å². The van der Waals surface area contributed by atoms with Crippen LogP contribution in [0.1, 0.15) is 68.7 Å². The number of carbonyl (C=O) groups excluding carboxylic acids is 2. The van der Waals surface area contributed by atoms with Crippen LogP contribution in [0, 0.1) is 6.92 Å². The number of hydrogen-bond donors (Lipinski definition) is 4. The standard InChI is InChI=1S/C32H36N6O3S/c1-20-19-42-31(36-20)27-10-6-14-38(27)32(41)24-17-22(29-34-12-13-35-29)16-23(18-24)30(40)37-26(15-21-7-3-2-4-8-21)28(39)25-9-5-11-33-25/h2-4,7-8,12-13,16-19,25-28,33,39H,5-6,9-11,14-15H2,1H3,(H,34,35)(H,37,40)/t25-,26+,27-,28+/m1/s1. The van der Waals surface area contributed by atoms with Crippen molar-refractivity contribution in [3.63, 3.8) is 0 Å². The maximum Gasteiger partial charge on any atom is 0.254 e. The first-order chi connectivity index (χ1) is 20.5. The van der Waals surface area contributed by atoms with Gasteiger partial charge in [0.15, 0.2) is 0 Å². The molecule has 2 saturated heterocycles. The number of carbonyl (C=O) groups is 2. The molecular formula is C32H36N6O3S. The van der Waals surface area contributed by atoms with Gasteiger partial charge in [0, 0.05) is 52.7 Å². The summed E-state index contributed by atoms with van der Waals surface area (Å²) < 4.78 is 0. The van der Waals surface area contributed by atoms with Crippen LogP contribution in [0.4, 0.5) is 0 Å². The zero-order valence-corrected chi connectivity index (χ0v) is 24.4. The van der Waals surface area contributed by atoms with Crippen LogP contribution in [0.5, 0.6) is 0 Å². The van der Waals surface area contributed by atoms with Gasteiger partial charge in [0.25, 0.3) is 11.8 Å². The van der Waals surface area contributed by atoms with E-state index in [1.807, 2.05) is 47.5 Å². The van der Waals surface area contributed by atoms with E-state index < -0.39 is 12.1 Å². The molecule has 0 saturated carbocycles. The minimum Gasteiger partial charge on any atom is -0.389 e. The maximum absolute atomic E-state index is 14.0. The minimum atomic E-state index is -0.766. The third-order valence-corrected chi connectivity index (χ3v) is 9.25. The first kappa shape index (κ1) is 28.3. The lowest BCUT2D eigenvalue weighted by Gasteiger charge is -2.29. The fraction of sp³-hybridized carbons (Fsp3) is 0.375. The summed E-state index contributed by atoms with van der Waals surface area (Å²) in [5.41, 5.74) is 3.39. The van der Waals surface area contributed by atoms with Crippen molar-refractivity contribution in [1.29, 1.82) is 0 Å². The van der Waals surface area contributed by atoms with Gasteiger partial charge in [-0.25, -0.2) is 9.97 Å². The number of rotatable bonds is 9. The molecule has 2 aromatic heterocycles. The Bertz CT molecular complexity index is 1520. The van der Waals surface area contributed by atoms with E-state index in [0.29, 0.717) is 35.5 Å². The van der Waals surface area contributed by atoms with E-state index in [1.165, 1.54) is 0 Å². The Kier molecular flexibility index (Phi) is 8.46. The van der Waals surface area contributed by atoms with Crippen LogP contribution in [0.25, 0.3) is 11.4 Å². The fourth-order valence-electron chi connectivity index (χ4n) is 6.06. The molecule has 0 bridgehead atoms. The number of aliphatic hydroxyl groups excluding tert-OH is 1. The van der Waals surface area contributed by atoms with Crippen molar-refractivity contribution >= 4 is 23.2 Å². The monoisotopic (exact) mass is 584 g/mol. The molecule has 10 heteroatoms. The smallest absolute Gasteiger partial charge is 0.254 e. The van der Waals surface area contributed by atoms with Gasteiger partial charge in [-0.05, 0) is 69.3 Å². The fourth-order valence-corrected chi connectivity index (χ4v) is 7.00. The van der Waals surface area contributed by atoms with E-state index in [-0.39, 0.29) is 23.9 Å². The van der Waals surface area contributed by atoms with Crippen LogP contribution in [0.2, 0.25) is 0 Å². The Hall–Kier alpha value is -3.86. The highest BCUT2D eigenvalue weighted by Crippen LogP contribution is 2.35. The highest BCUT2D eigenvalue weighted by molar-refractivity contribution is 7.09. The Labute approximate surface area is 249 Å².